The molecule has 0 bridgehead atoms. The number of amides is 2. The quantitative estimate of drug-likeness (QED) is 0.270. The predicted octanol–water partition coefficient (Wildman–Crippen LogP) is 6.84. The van der Waals surface area contributed by atoms with Gasteiger partial charge in [-0.25, -0.2) is 0 Å². The van der Waals surface area contributed by atoms with Gasteiger partial charge >= 0.3 is 0 Å². The minimum absolute atomic E-state index is 0.00913. The lowest BCUT2D eigenvalue weighted by atomic mass is 10.0. The Morgan fingerprint density at radius 2 is 1.67 bits per heavy atom. The number of carbonyl (C=O) groups is 2. The van der Waals surface area contributed by atoms with Crippen LogP contribution in [0.25, 0.3) is 6.08 Å². The monoisotopic (exact) mass is 541 g/mol. The van der Waals surface area contributed by atoms with Crippen LogP contribution in [0.2, 0.25) is 0 Å². The highest BCUT2D eigenvalue weighted by atomic mass is 32.2. The molecule has 3 aromatic carbocycles. The molecule has 1 aliphatic heterocycles. The van der Waals surface area contributed by atoms with Crippen molar-refractivity contribution in [1.82, 2.24) is 10.2 Å². The highest BCUT2D eigenvalue weighted by Crippen LogP contribution is 2.42. The third-order valence-electron chi connectivity index (χ3n) is 6.93. The molecule has 6 heteroatoms. The molecule has 0 radical (unpaired) electrons. The van der Waals surface area contributed by atoms with E-state index in [1.54, 1.807) is 0 Å². The lowest BCUT2D eigenvalue weighted by Gasteiger charge is -2.31. The lowest BCUT2D eigenvalue weighted by Crippen LogP contribution is -2.35. The Kier molecular flexibility index (Phi) is 10.0. The van der Waals surface area contributed by atoms with Crippen LogP contribution in [0, 0.1) is 13.8 Å². The van der Waals surface area contributed by atoms with E-state index < -0.39 is 0 Å². The highest BCUT2D eigenvalue weighted by Gasteiger charge is 2.29. The summed E-state index contributed by atoms with van der Waals surface area (Å²) in [5.74, 6) is -0.0796. The molecule has 0 saturated carbocycles. The topological polar surface area (TPSA) is 52.7 Å². The van der Waals surface area contributed by atoms with E-state index in [9.17, 15) is 9.59 Å². The zero-order valence-electron chi connectivity index (χ0n) is 23.5. The van der Waals surface area contributed by atoms with E-state index in [1.165, 1.54) is 22.9 Å². The second-order valence-corrected chi connectivity index (χ2v) is 11.2. The Balaban J connectivity index is 1.48. The van der Waals surface area contributed by atoms with Gasteiger partial charge in [0.15, 0.2) is 0 Å². The van der Waals surface area contributed by atoms with Gasteiger partial charge in [-0.15, -0.1) is 0 Å². The van der Waals surface area contributed by atoms with Crippen LogP contribution in [0.3, 0.4) is 0 Å². The van der Waals surface area contributed by atoms with Gasteiger partial charge in [0.25, 0.3) is 11.8 Å². The average molecular weight is 542 g/mol. The van der Waals surface area contributed by atoms with E-state index in [0.29, 0.717) is 23.6 Å². The number of hydrogen-bond donors (Lipinski definition) is 1. The SMILES string of the molecule is CCCN(CCC)CCNC(=O)c1ccc(/C=C2\Sc3ccccc3N(Cc3cc(C)ccc3C)C2=O)cc1. The van der Waals surface area contributed by atoms with Crippen LogP contribution in [-0.4, -0.2) is 42.9 Å². The number of nitrogens with one attached hydrogen (secondary N) is 1. The molecule has 0 fully saturated rings. The number of aryl methyl sites for hydroxylation is 2. The van der Waals surface area contributed by atoms with E-state index in [0.717, 1.165) is 54.2 Å². The summed E-state index contributed by atoms with van der Waals surface area (Å²) in [6, 6.07) is 21.9. The van der Waals surface area contributed by atoms with E-state index in [2.05, 4.69) is 62.2 Å². The largest absolute Gasteiger partial charge is 0.351 e. The molecule has 39 heavy (non-hydrogen) atoms. The first-order valence-corrected chi connectivity index (χ1v) is 14.7. The number of carbonyl (C=O) groups excluding carboxylic acids is 2. The summed E-state index contributed by atoms with van der Waals surface area (Å²) in [4.78, 5) is 32.4. The van der Waals surface area contributed by atoms with Crippen LogP contribution in [0.1, 0.15) is 59.3 Å². The van der Waals surface area contributed by atoms with Crippen molar-refractivity contribution < 1.29 is 9.59 Å². The molecule has 204 valence electrons. The third-order valence-corrected chi connectivity index (χ3v) is 8.01. The van der Waals surface area contributed by atoms with Gasteiger partial charge in [-0.2, -0.15) is 0 Å². The third kappa shape index (κ3) is 7.40. The summed E-state index contributed by atoms with van der Waals surface area (Å²) in [7, 11) is 0. The summed E-state index contributed by atoms with van der Waals surface area (Å²) < 4.78 is 0. The fraction of sp³-hybridized carbons (Fsp3) is 0.333. The minimum atomic E-state index is -0.0705. The normalized spacial score (nSPS) is 14.1. The molecule has 4 rings (SSSR count). The molecule has 5 nitrogen and oxygen atoms in total. The summed E-state index contributed by atoms with van der Waals surface area (Å²) in [5.41, 5.74) is 5.96. The average Bonchev–Trinajstić information content (AvgIpc) is 2.93. The zero-order valence-corrected chi connectivity index (χ0v) is 24.3. The van der Waals surface area contributed by atoms with Crippen molar-refractivity contribution in [2.75, 3.05) is 31.1 Å². The Hall–Kier alpha value is -3.35. The number of benzene rings is 3. The van der Waals surface area contributed by atoms with E-state index >= 15 is 0 Å². The molecule has 0 saturated heterocycles. The van der Waals surface area contributed by atoms with Crippen molar-refractivity contribution in [3.05, 3.63) is 99.5 Å². The van der Waals surface area contributed by atoms with Crippen molar-refractivity contribution in [1.29, 1.82) is 0 Å². The van der Waals surface area contributed by atoms with Gasteiger partial charge in [-0.05, 0) is 86.8 Å². The molecule has 1 N–H and O–H groups in total. The van der Waals surface area contributed by atoms with Gasteiger partial charge in [0, 0.05) is 23.5 Å². The number of nitrogens with zero attached hydrogens (tertiary/aromatic N) is 2. The maximum absolute atomic E-state index is 13.7. The molecule has 2 amide bonds. The molecule has 0 unspecified atom stereocenters. The van der Waals surface area contributed by atoms with E-state index in [1.807, 2.05) is 53.4 Å². The smallest absolute Gasteiger partial charge is 0.265 e. The van der Waals surface area contributed by atoms with Gasteiger partial charge in [0.05, 0.1) is 17.1 Å². The summed E-state index contributed by atoms with van der Waals surface area (Å²) in [6.07, 6.45) is 4.15. The first-order chi connectivity index (χ1) is 18.9. The van der Waals surface area contributed by atoms with Crippen LogP contribution < -0.4 is 10.2 Å². The van der Waals surface area contributed by atoms with E-state index in [4.69, 9.17) is 0 Å². The van der Waals surface area contributed by atoms with Crippen LogP contribution in [0.5, 0.6) is 0 Å². The Labute approximate surface area is 237 Å². The molecule has 0 aromatic heterocycles. The van der Waals surface area contributed by atoms with Crippen LogP contribution in [-0.2, 0) is 11.3 Å². The molecular weight excluding hydrogens is 502 g/mol. The molecule has 0 atom stereocenters. The Morgan fingerprint density at radius 1 is 0.949 bits per heavy atom. The van der Waals surface area contributed by atoms with Crippen LogP contribution in [0.15, 0.2) is 76.5 Å². The Morgan fingerprint density at radius 3 is 2.38 bits per heavy atom. The van der Waals surface area contributed by atoms with Gasteiger partial charge in [-0.1, -0.05) is 73.6 Å². The summed E-state index contributed by atoms with van der Waals surface area (Å²) in [6.45, 7) is 12.6. The number of rotatable bonds is 11. The molecule has 0 spiro atoms. The molecular formula is C33H39N3O2S. The Bertz CT molecular complexity index is 1330. The van der Waals surface area contributed by atoms with Gasteiger partial charge in [0.1, 0.15) is 0 Å². The molecule has 1 heterocycles. The number of thioether (sulfide) groups is 1. The fourth-order valence-corrected chi connectivity index (χ4v) is 5.90. The van der Waals surface area contributed by atoms with Crippen LogP contribution >= 0.6 is 11.8 Å². The number of hydrogen-bond acceptors (Lipinski definition) is 4. The van der Waals surface area contributed by atoms with Crippen molar-refractivity contribution >= 4 is 35.3 Å². The standard InChI is InChI=1S/C33H39N3O2S/c1-5-18-35(19-6-2)20-17-34-32(37)27-15-13-26(14-16-27)22-31-33(38)36(29-9-7-8-10-30(29)39-31)23-28-21-24(3)11-12-25(28)4/h7-16,21-22H,5-6,17-20,23H2,1-4H3,(H,34,37)/b31-22-. The van der Waals surface area contributed by atoms with Gasteiger partial charge < -0.3 is 15.1 Å². The number of anilines is 1. The van der Waals surface area contributed by atoms with Crippen molar-refractivity contribution in [2.45, 2.75) is 52.0 Å². The molecule has 3 aromatic rings. The second kappa shape index (κ2) is 13.6. The highest BCUT2D eigenvalue weighted by molar-refractivity contribution is 8.04. The number of para-hydroxylation sites is 1. The lowest BCUT2D eigenvalue weighted by molar-refractivity contribution is -0.114. The van der Waals surface area contributed by atoms with E-state index in [-0.39, 0.29) is 11.8 Å². The zero-order chi connectivity index (χ0) is 27.8. The number of fused-ring (bicyclic) bond motifs is 1. The summed E-state index contributed by atoms with van der Waals surface area (Å²) >= 11 is 1.50. The second-order valence-electron chi connectivity index (χ2n) is 10.1. The predicted molar refractivity (Wildman–Crippen MR) is 163 cm³/mol. The van der Waals surface area contributed by atoms with Gasteiger partial charge in [-0.3, -0.25) is 9.59 Å². The first kappa shape index (κ1) is 28.7. The van der Waals surface area contributed by atoms with Crippen LogP contribution in [0.4, 0.5) is 5.69 Å². The maximum atomic E-state index is 13.7. The molecule has 1 aliphatic rings. The maximum Gasteiger partial charge on any atom is 0.265 e. The minimum Gasteiger partial charge on any atom is -0.351 e. The van der Waals surface area contributed by atoms with Gasteiger partial charge in [0.2, 0.25) is 0 Å². The summed E-state index contributed by atoms with van der Waals surface area (Å²) in [5, 5.41) is 3.04. The van der Waals surface area contributed by atoms with Crippen molar-refractivity contribution in [3.63, 3.8) is 0 Å². The fourth-order valence-electron chi connectivity index (χ4n) is 4.84. The van der Waals surface area contributed by atoms with Crippen molar-refractivity contribution in [3.8, 4) is 0 Å². The molecule has 0 aliphatic carbocycles. The van der Waals surface area contributed by atoms with Crippen molar-refractivity contribution in [2.24, 2.45) is 0 Å². The first-order valence-electron chi connectivity index (χ1n) is 13.9.